The summed E-state index contributed by atoms with van der Waals surface area (Å²) in [4.78, 5) is 3.88. The van der Waals surface area contributed by atoms with Crippen molar-refractivity contribution in [2.24, 2.45) is 0 Å². The number of aromatic nitrogens is 1. The Kier molecular flexibility index (Phi) is 3.69. The van der Waals surface area contributed by atoms with Gasteiger partial charge in [-0.05, 0) is 15.9 Å². The Morgan fingerprint density at radius 2 is 2.20 bits per heavy atom. The van der Waals surface area contributed by atoms with E-state index in [1.165, 1.54) is 6.20 Å². The fraction of sp³-hybridized carbons (Fsp3) is 0.200. The maximum atomic E-state index is 8.59. The minimum atomic E-state index is 0.253. The first-order chi connectivity index (χ1) is 7.22. The van der Waals surface area contributed by atoms with Crippen LogP contribution in [0.15, 0.2) is 21.2 Å². The van der Waals surface area contributed by atoms with Crippen LogP contribution < -0.4 is 5.73 Å². The van der Waals surface area contributed by atoms with E-state index in [1.54, 1.807) is 6.07 Å². The van der Waals surface area contributed by atoms with Crippen molar-refractivity contribution in [3.8, 4) is 6.07 Å². The molecule has 2 N–H and O–H groups in total. The number of rotatable bonds is 0. The third kappa shape index (κ3) is 2.10. The average Bonchev–Trinajstić information content (AvgIpc) is 2.70. The van der Waals surface area contributed by atoms with E-state index in [4.69, 9.17) is 15.4 Å². The van der Waals surface area contributed by atoms with Gasteiger partial charge in [-0.15, -0.1) is 0 Å². The van der Waals surface area contributed by atoms with E-state index in [-0.39, 0.29) is 5.76 Å². The Labute approximate surface area is 95.8 Å². The van der Waals surface area contributed by atoms with E-state index in [2.05, 4.69) is 20.9 Å². The third-order valence-electron chi connectivity index (χ3n) is 1.65. The minimum absolute atomic E-state index is 0.253. The average molecular weight is 268 g/mol. The molecule has 2 heterocycles. The number of nitriles is 1. The van der Waals surface area contributed by atoms with Crippen molar-refractivity contribution in [2.45, 2.75) is 13.8 Å². The van der Waals surface area contributed by atoms with Crippen LogP contribution in [0, 0.1) is 11.3 Å². The van der Waals surface area contributed by atoms with E-state index < -0.39 is 0 Å². The predicted molar refractivity (Wildman–Crippen MR) is 62.2 cm³/mol. The van der Waals surface area contributed by atoms with Gasteiger partial charge in [0.1, 0.15) is 11.9 Å². The molecule has 0 bridgehead atoms. The molecule has 0 radical (unpaired) electrons. The third-order valence-corrected chi connectivity index (χ3v) is 2.49. The van der Waals surface area contributed by atoms with Gasteiger partial charge in [0.25, 0.3) is 0 Å². The Morgan fingerprint density at radius 1 is 1.53 bits per heavy atom. The second kappa shape index (κ2) is 4.80. The summed E-state index contributed by atoms with van der Waals surface area (Å²) in [6.45, 7) is 4.00. The van der Waals surface area contributed by atoms with Crippen LogP contribution in [-0.2, 0) is 0 Å². The minimum Gasteiger partial charge on any atom is -0.444 e. The van der Waals surface area contributed by atoms with E-state index in [0.717, 1.165) is 5.39 Å². The number of hydrogen-bond donors (Lipinski definition) is 1. The van der Waals surface area contributed by atoms with Gasteiger partial charge in [-0.25, -0.2) is 4.98 Å². The molecule has 0 atom stereocenters. The van der Waals surface area contributed by atoms with Gasteiger partial charge in [0.15, 0.2) is 5.58 Å². The Hall–Kier alpha value is -1.54. The molecule has 2 rings (SSSR count). The van der Waals surface area contributed by atoms with E-state index in [1.807, 2.05) is 19.9 Å². The van der Waals surface area contributed by atoms with E-state index in [9.17, 15) is 0 Å². The number of pyridine rings is 1. The molecule has 2 aromatic rings. The number of nitrogens with zero attached hydrogens (tertiary/aromatic N) is 2. The fourth-order valence-electron chi connectivity index (χ4n) is 1.05. The summed E-state index contributed by atoms with van der Waals surface area (Å²) in [6.07, 6.45) is 1.50. The van der Waals surface area contributed by atoms with Crippen LogP contribution in [0.25, 0.3) is 11.0 Å². The molecule has 0 aliphatic rings. The molecule has 0 unspecified atom stereocenters. The molecule has 2 aromatic heterocycles. The van der Waals surface area contributed by atoms with Crippen molar-refractivity contribution >= 4 is 32.7 Å². The van der Waals surface area contributed by atoms with Gasteiger partial charge in [-0.2, -0.15) is 5.26 Å². The Morgan fingerprint density at radius 3 is 2.80 bits per heavy atom. The summed E-state index contributed by atoms with van der Waals surface area (Å²) in [5.74, 6) is 0.640. The first-order valence-corrected chi connectivity index (χ1v) is 5.25. The first-order valence-electron chi connectivity index (χ1n) is 4.46. The highest BCUT2D eigenvalue weighted by atomic mass is 79.9. The van der Waals surface area contributed by atoms with Gasteiger partial charge in [-0.3, -0.25) is 0 Å². The topological polar surface area (TPSA) is 75.8 Å². The molecule has 5 heteroatoms. The monoisotopic (exact) mass is 267 g/mol. The van der Waals surface area contributed by atoms with Gasteiger partial charge in [0.2, 0.25) is 5.76 Å². The lowest BCUT2D eigenvalue weighted by Gasteiger charge is -1.95. The largest absolute Gasteiger partial charge is 0.444 e. The summed E-state index contributed by atoms with van der Waals surface area (Å²) in [5.41, 5.74) is 6.11. The highest BCUT2D eigenvalue weighted by Crippen LogP contribution is 2.29. The summed E-state index contributed by atoms with van der Waals surface area (Å²) >= 11 is 3.27. The van der Waals surface area contributed by atoms with Crippen molar-refractivity contribution in [1.82, 2.24) is 4.98 Å². The zero-order chi connectivity index (χ0) is 11.4. The molecule has 15 heavy (non-hydrogen) atoms. The van der Waals surface area contributed by atoms with Crippen molar-refractivity contribution in [3.05, 3.63) is 22.5 Å². The van der Waals surface area contributed by atoms with Crippen LogP contribution in [0.1, 0.15) is 19.6 Å². The lowest BCUT2D eigenvalue weighted by atomic mass is 10.3. The Bertz CT molecular complexity index is 513. The molecule has 0 aliphatic carbocycles. The quantitative estimate of drug-likeness (QED) is 0.796. The molecule has 0 saturated carbocycles. The van der Waals surface area contributed by atoms with Crippen LogP contribution in [0.5, 0.6) is 0 Å². The highest BCUT2D eigenvalue weighted by molar-refractivity contribution is 9.10. The number of nitrogens with two attached hydrogens (primary N) is 1. The Balaban J connectivity index is 0.000000531. The molecule has 78 valence electrons. The van der Waals surface area contributed by atoms with Gasteiger partial charge >= 0.3 is 0 Å². The maximum absolute atomic E-state index is 8.59. The van der Waals surface area contributed by atoms with Gasteiger partial charge in [0, 0.05) is 11.5 Å². The zero-order valence-electron chi connectivity index (χ0n) is 8.41. The lowest BCUT2D eigenvalue weighted by Crippen LogP contribution is -1.89. The second-order valence-electron chi connectivity index (χ2n) is 2.46. The number of halogens is 1. The number of nitrogen functional groups attached to an aromatic ring is 1. The van der Waals surface area contributed by atoms with Crippen LogP contribution in [0.2, 0.25) is 0 Å². The molecule has 4 nitrogen and oxygen atoms in total. The van der Waals surface area contributed by atoms with Gasteiger partial charge in [-0.1, -0.05) is 13.8 Å². The van der Waals surface area contributed by atoms with Crippen LogP contribution in [0.3, 0.4) is 0 Å². The molecule has 0 aromatic carbocycles. The SMILES string of the molecule is CC.N#Cc1cc2c(Br)c(N)ncc2o1. The fourth-order valence-corrected chi connectivity index (χ4v) is 1.46. The zero-order valence-corrected chi connectivity index (χ0v) is 10.00. The van der Waals surface area contributed by atoms with E-state index >= 15 is 0 Å². The number of fused-ring (bicyclic) bond motifs is 1. The van der Waals surface area contributed by atoms with Crippen molar-refractivity contribution < 1.29 is 4.42 Å². The molecule has 0 saturated heterocycles. The summed E-state index contributed by atoms with van der Waals surface area (Å²) in [6, 6.07) is 3.53. The number of furan rings is 1. The molecule has 0 spiro atoms. The molecular weight excluding hydrogens is 258 g/mol. The maximum Gasteiger partial charge on any atom is 0.204 e. The first kappa shape index (κ1) is 11.5. The molecule has 0 amide bonds. The molecule has 0 aliphatic heterocycles. The molecule has 0 fully saturated rings. The number of anilines is 1. The predicted octanol–water partition coefficient (Wildman–Crippen LogP) is 3.07. The van der Waals surface area contributed by atoms with Crippen LogP contribution in [-0.4, -0.2) is 4.98 Å². The number of hydrogen-bond acceptors (Lipinski definition) is 4. The van der Waals surface area contributed by atoms with Crippen molar-refractivity contribution in [2.75, 3.05) is 5.73 Å². The van der Waals surface area contributed by atoms with Crippen LogP contribution >= 0.6 is 15.9 Å². The standard InChI is InChI=1S/C8H4BrN3O.C2H6/c9-7-5-1-4(2-10)13-6(5)3-12-8(7)11;1-2/h1,3H,(H2,11,12);1-2H3. The van der Waals surface area contributed by atoms with Gasteiger partial charge < -0.3 is 10.2 Å². The smallest absolute Gasteiger partial charge is 0.204 e. The van der Waals surface area contributed by atoms with Crippen LogP contribution in [0.4, 0.5) is 5.82 Å². The second-order valence-corrected chi connectivity index (χ2v) is 3.25. The van der Waals surface area contributed by atoms with Crippen molar-refractivity contribution in [3.63, 3.8) is 0 Å². The van der Waals surface area contributed by atoms with Gasteiger partial charge in [0.05, 0.1) is 10.7 Å². The van der Waals surface area contributed by atoms with E-state index in [0.29, 0.717) is 15.9 Å². The summed E-state index contributed by atoms with van der Waals surface area (Å²) < 4.78 is 5.81. The summed E-state index contributed by atoms with van der Waals surface area (Å²) in [5, 5.41) is 9.36. The van der Waals surface area contributed by atoms with Crippen molar-refractivity contribution in [1.29, 1.82) is 5.26 Å². The highest BCUT2D eigenvalue weighted by Gasteiger charge is 2.08. The lowest BCUT2D eigenvalue weighted by molar-refractivity contribution is 0.598. The molecular formula is C10H10BrN3O. The summed E-state index contributed by atoms with van der Waals surface area (Å²) in [7, 11) is 0. The normalized spacial score (nSPS) is 9.20.